The number of rotatable bonds is 5. The van der Waals surface area contributed by atoms with Crippen LogP contribution in [-0.4, -0.2) is 30.4 Å². The van der Waals surface area contributed by atoms with Crippen molar-refractivity contribution in [3.63, 3.8) is 0 Å². The van der Waals surface area contributed by atoms with Gasteiger partial charge in [-0.3, -0.25) is 4.79 Å². The molecule has 1 fully saturated rings. The fourth-order valence-corrected chi connectivity index (χ4v) is 2.74. The normalized spacial score (nSPS) is 21.8. The van der Waals surface area contributed by atoms with Gasteiger partial charge in [-0.25, -0.2) is 0 Å². The van der Waals surface area contributed by atoms with E-state index in [0.29, 0.717) is 18.4 Å². The maximum atomic E-state index is 12.1. The Hall–Kier alpha value is -1.35. The lowest BCUT2D eigenvalue weighted by atomic mass is 9.80. The number of nitrogens with two attached hydrogens (primary N) is 1. The highest BCUT2D eigenvalue weighted by Gasteiger charge is 2.27. The van der Waals surface area contributed by atoms with E-state index in [9.17, 15) is 4.79 Å². The molecule has 19 heavy (non-hydrogen) atoms. The maximum Gasteiger partial charge on any atom is 0.222 e. The van der Waals surface area contributed by atoms with Crippen LogP contribution in [0.3, 0.4) is 0 Å². The first-order valence-corrected chi connectivity index (χ1v) is 7.09. The molecule has 0 spiro atoms. The summed E-state index contributed by atoms with van der Waals surface area (Å²) < 4.78 is 0. The standard InChI is InChI=1S/C16H24N2O/c1-12-4-3-5-13(8-12)6-7-16(19)18(2)11-14-9-15(17)10-14/h3-5,8,14-15H,6-7,9-11,17H2,1-2H3. The Labute approximate surface area is 115 Å². The molecule has 3 nitrogen and oxygen atoms in total. The van der Waals surface area contributed by atoms with Gasteiger partial charge in [0.05, 0.1) is 0 Å². The molecule has 1 amide bonds. The average molecular weight is 260 g/mol. The Morgan fingerprint density at radius 1 is 1.42 bits per heavy atom. The molecule has 0 atom stereocenters. The van der Waals surface area contributed by atoms with Gasteiger partial charge in [0.2, 0.25) is 5.91 Å². The van der Waals surface area contributed by atoms with Gasteiger partial charge in [0.15, 0.2) is 0 Å². The van der Waals surface area contributed by atoms with Crippen LogP contribution < -0.4 is 5.73 Å². The summed E-state index contributed by atoms with van der Waals surface area (Å²) in [6.45, 7) is 2.94. The quantitative estimate of drug-likeness (QED) is 0.881. The van der Waals surface area contributed by atoms with Crippen LogP contribution in [0.1, 0.15) is 30.4 Å². The Morgan fingerprint density at radius 3 is 2.79 bits per heavy atom. The van der Waals surface area contributed by atoms with E-state index in [1.165, 1.54) is 11.1 Å². The molecule has 1 aromatic carbocycles. The molecule has 0 aromatic heterocycles. The molecule has 0 bridgehead atoms. The van der Waals surface area contributed by atoms with Gasteiger partial charge in [0, 0.05) is 26.1 Å². The molecule has 2 rings (SSSR count). The largest absolute Gasteiger partial charge is 0.345 e. The van der Waals surface area contributed by atoms with Gasteiger partial charge >= 0.3 is 0 Å². The molecule has 1 aromatic rings. The highest BCUT2D eigenvalue weighted by atomic mass is 16.2. The fourth-order valence-electron chi connectivity index (χ4n) is 2.74. The van der Waals surface area contributed by atoms with Gasteiger partial charge in [0.1, 0.15) is 0 Å². The number of carbonyl (C=O) groups excluding carboxylic acids is 1. The third-order valence-electron chi connectivity index (χ3n) is 3.94. The summed E-state index contributed by atoms with van der Waals surface area (Å²) in [7, 11) is 1.91. The van der Waals surface area contributed by atoms with Gasteiger partial charge in [-0.15, -0.1) is 0 Å². The first-order valence-electron chi connectivity index (χ1n) is 7.09. The van der Waals surface area contributed by atoms with Crippen molar-refractivity contribution in [1.29, 1.82) is 0 Å². The third kappa shape index (κ3) is 4.06. The van der Waals surface area contributed by atoms with Crippen molar-refractivity contribution in [3.05, 3.63) is 35.4 Å². The van der Waals surface area contributed by atoms with Crippen molar-refractivity contribution in [3.8, 4) is 0 Å². The SMILES string of the molecule is Cc1cccc(CCC(=O)N(C)CC2CC(N)C2)c1. The Balaban J connectivity index is 1.74. The van der Waals surface area contributed by atoms with E-state index in [2.05, 4.69) is 31.2 Å². The molecule has 0 heterocycles. The van der Waals surface area contributed by atoms with E-state index in [0.717, 1.165) is 25.8 Å². The zero-order chi connectivity index (χ0) is 13.8. The first-order chi connectivity index (χ1) is 9.04. The van der Waals surface area contributed by atoms with Crippen molar-refractivity contribution in [2.45, 2.75) is 38.6 Å². The Kier molecular flexibility index (Phi) is 4.59. The summed E-state index contributed by atoms with van der Waals surface area (Å²) >= 11 is 0. The van der Waals surface area contributed by atoms with E-state index < -0.39 is 0 Å². The topological polar surface area (TPSA) is 46.3 Å². The van der Waals surface area contributed by atoms with Crippen LogP contribution >= 0.6 is 0 Å². The molecule has 1 aliphatic carbocycles. The molecular formula is C16H24N2O. The van der Waals surface area contributed by atoms with Gasteiger partial charge in [-0.2, -0.15) is 0 Å². The van der Waals surface area contributed by atoms with Crippen LogP contribution in [0.15, 0.2) is 24.3 Å². The predicted octanol–water partition coefficient (Wildman–Crippen LogP) is 2.12. The average Bonchev–Trinajstić information content (AvgIpc) is 2.34. The monoisotopic (exact) mass is 260 g/mol. The second-order valence-electron chi connectivity index (χ2n) is 5.86. The zero-order valence-corrected chi connectivity index (χ0v) is 11.9. The lowest BCUT2D eigenvalue weighted by molar-refractivity contribution is -0.130. The summed E-state index contributed by atoms with van der Waals surface area (Å²) in [5.41, 5.74) is 8.26. The number of hydrogen-bond donors (Lipinski definition) is 1. The van der Waals surface area contributed by atoms with Crippen LogP contribution in [0, 0.1) is 12.8 Å². The number of benzene rings is 1. The molecule has 0 radical (unpaired) electrons. The third-order valence-corrected chi connectivity index (χ3v) is 3.94. The number of amides is 1. The summed E-state index contributed by atoms with van der Waals surface area (Å²) in [6, 6.07) is 8.73. The van der Waals surface area contributed by atoms with Crippen molar-refractivity contribution in [2.75, 3.05) is 13.6 Å². The summed E-state index contributed by atoms with van der Waals surface area (Å²) in [5, 5.41) is 0. The number of hydrogen-bond acceptors (Lipinski definition) is 2. The minimum Gasteiger partial charge on any atom is -0.345 e. The van der Waals surface area contributed by atoms with Gasteiger partial charge in [-0.05, 0) is 37.7 Å². The second kappa shape index (κ2) is 6.20. The van der Waals surface area contributed by atoms with E-state index in [-0.39, 0.29) is 5.91 Å². The number of nitrogens with zero attached hydrogens (tertiary/aromatic N) is 1. The predicted molar refractivity (Wildman–Crippen MR) is 77.8 cm³/mol. The molecule has 104 valence electrons. The fraction of sp³-hybridized carbons (Fsp3) is 0.562. The molecular weight excluding hydrogens is 236 g/mol. The Bertz CT molecular complexity index is 438. The summed E-state index contributed by atoms with van der Waals surface area (Å²) in [5.74, 6) is 0.852. The molecule has 3 heteroatoms. The maximum absolute atomic E-state index is 12.1. The minimum atomic E-state index is 0.238. The van der Waals surface area contributed by atoms with Crippen molar-refractivity contribution in [1.82, 2.24) is 4.90 Å². The van der Waals surface area contributed by atoms with E-state index in [4.69, 9.17) is 5.73 Å². The zero-order valence-electron chi connectivity index (χ0n) is 11.9. The molecule has 0 saturated heterocycles. The van der Waals surface area contributed by atoms with Crippen LogP contribution in [-0.2, 0) is 11.2 Å². The van der Waals surface area contributed by atoms with Crippen LogP contribution in [0.25, 0.3) is 0 Å². The highest BCUT2D eigenvalue weighted by molar-refractivity contribution is 5.76. The smallest absolute Gasteiger partial charge is 0.222 e. The van der Waals surface area contributed by atoms with Gasteiger partial charge in [-0.1, -0.05) is 29.8 Å². The lowest BCUT2D eigenvalue weighted by Gasteiger charge is -2.35. The second-order valence-corrected chi connectivity index (χ2v) is 5.86. The molecule has 2 N–H and O–H groups in total. The van der Waals surface area contributed by atoms with E-state index in [1.807, 2.05) is 11.9 Å². The minimum absolute atomic E-state index is 0.238. The van der Waals surface area contributed by atoms with E-state index >= 15 is 0 Å². The van der Waals surface area contributed by atoms with Crippen LogP contribution in [0.5, 0.6) is 0 Å². The van der Waals surface area contributed by atoms with Crippen molar-refractivity contribution < 1.29 is 4.79 Å². The van der Waals surface area contributed by atoms with E-state index in [1.54, 1.807) is 0 Å². The number of aryl methyl sites for hydroxylation is 2. The lowest BCUT2D eigenvalue weighted by Crippen LogP contribution is -2.43. The first kappa shape index (κ1) is 14.1. The molecule has 0 aliphatic heterocycles. The van der Waals surface area contributed by atoms with Crippen molar-refractivity contribution in [2.24, 2.45) is 11.7 Å². The number of carbonyl (C=O) groups is 1. The van der Waals surface area contributed by atoms with Crippen molar-refractivity contribution >= 4 is 5.91 Å². The highest BCUT2D eigenvalue weighted by Crippen LogP contribution is 2.26. The Morgan fingerprint density at radius 2 is 2.16 bits per heavy atom. The van der Waals surface area contributed by atoms with Gasteiger partial charge in [0.25, 0.3) is 0 Å². The van der Waals surface area contributed by atoms with Crippen LogP contribution in [0.4, 0.5) is 0 Å². The molecule has 1 aliphatic rings. The summed E-state index contributed by atoms with van der Waals surface area (Å²) in [4.78, 5) is 13.9. The molecule has 1 saturated carbocycles. The van der Waals surface area contributed by atoms with Crippen LogP contribution in [0.2, 0.25) is 0 Å². The molecule has 0 unspecified atom stereocenters. The van der Waals surface area contributed by atoms with Gasteiger partial charge < -0.3 is 10.6 Å². The summed E-state index contributed by atoms with van der Waals surface area (Å²) in [6.07, 6.45) is 3.55.